The van der Waals surface area contributed by atoms with Crippen LogP contribution in [0.2, 0.25) is 0 Å². The molecule has 0 saturated carbocycles. The first-order chi connectivity index (χ1) is 11.0. The van der Waals surface area contributed by atoms with Crippen LogP contribution >= 0.6 is 15.9 Å². The topological polar surface area (TPSA) is 58.2 Å². The molecule has 2 aromatic carbocycles. The van der Waals surface area contributed by atoms with Gasteiger partial charge in [-0.05, 0) is 53.5 Å². The van der Waals surface area contributed by atoms with Gasteiger partial charge in [0.25, 0.3) is 11.8 Å². The second-order valence-corrected chi connectivity index (χ2v) is 6.12. The molecule has 0 fully saturated rings. The fraction of sp³-hybridized carbons (Fsp3) is 0.222. The van der Waals surface area contributed by atoms with Gasteiger partial charge in [-0.25, -0.2) is 0 Å². The predicted octanol–water partition coefficient (Wildman–Crippen LogP) is 4.23. The quantitative estimate of drug-likeness (QED) is 0.822. The zero-order valence-corrected chi connectivity index (χ0v) is 14.7. The highest BCUT2D eigenvalue weighted by atomic mass is 79.9. The van der Waals surface area contributed by atoms with Gasteiger partial charge in [-0.1, -0.05) is 31.2 Å². The van der Waals surface area contributed by atoms with Crippen molar-refractivity contribution < 1.29 is 9.59 Å². The Labute approximate surface area is 144 Å². The van der Waals surface area contributed by atoms with Gasteiger partial charge in [0.2, 0.25) is 0 Å². The van der Waals surface area contributed by atoms with Gasteiger partial charge >= 0.3 is 0 Å². The van der Waals surface area contributed by atoms with E-state index in [1.54, 1.807) is 42.5 Å². The lowest BCUT2D eigenvalue weighted by molar-refractivity contribution is 0.0940. The molecule has 0 aromatic heterocycles. The molecule has 0 radical (unpaired) electrons. The minimum absolute atomic E-state index is 0.0783. The van der Waals surface area contributed by atoms with Crippen molar-refractivity contribution >= 4 is 33.4 Å². The fourth-order valence-corrected chi connectivity index (χ4v) is 2.49. The van der Waals surface area contributed by atoms with Crippen molar-refractivity contribution in [2.24, 2.45) is 0 Å². The van der Waals surface area contributed by atoms with Gasteiger partial charge in [0.1, 0.15) is 0 Å². The van der Waals surface area contributed by atoms with Crippen LogP contribution in [0.15, 0.2) is 53.0 Å². The van der Waals surface area contributed by atoms with E-state index in [-0.39, 0.29) is 17.9 Å². The molecule has 0 spiro atoms. The number of carbonyl (C=O) groups is 2. The average molecular weight is 375 g/mol. The lowest BCUT2D eigenvalue weighted by Crippen LogP contribution is -2.32. The highest BCUT2D eigenvalue weighted by molar-refractivity contribution is 9.10. The summed E-state index contributed by atoms with van der Waals surface area (Å²) in [5, 5.41) is 5.72. The molecule has 0 unspecified atom stereocenters. The molecule has 23 heavy (non-hydrogen) atoms. The third-order valence-corrected chi connectivity index (χ3v) is 4.22. The Balaban J connectivity index is 2.22. The zero-order chi connectivity index (χ0) is 16.8. The van der Waals surface area contributed by atoms with E-state index < -0.39 is 0 Å². The average Bonchev–Trinajstić information content (AvgIpc) is 2.55. The van der Waals surface area contributed by atoms with Crippen LogP contribution in [0.4, 0.5) is 5.69 Å². The maximum Gasteiger partial charge on any atom is 0.256 e. The number of rotatable bonds is 5. The van der Waals surface area contributed by atoms with Crippen LogP contribution in [0.1, 0.15) is 41.0 Å². The highest BCUT2D eigenvalue weighted by Gasteiger charge is 2.16. The number of amides is 2. The number of halogens is 1. The summed E-state index contributed by atoms with van der Waals surface area (Å²) in [6.07, 6.45) is 0.844. The number of hydrogen-bond acceptors (Lipinski definition) is 2. The molecule has 0 aliphatic heterocycles. The first-order valence-corrected chi connectivity index (χ1v) is 8.28. The molecule has 0 heterocycles. The molecule has 1 atom stereocenters. The van der Waals surface area contributed by atoms with Crippen LogP contribution in [0, 0.1) is 0 Å². The third kappa shape index (κ3) is 4.42. The van der Waals surface area contributed by atoms with Crippen molar-refractivity contribution in [3.8, 4) is 0 Å². The molecule has 5 heteroatoms. The lowest BCUT2D eigenvalue weighted by Gasteiger charge is -2.15. The molecule has 2 amide bonds. The molecule has 0 saturated heterocycles. The fourth-order valence-electron chi connectivity index (χ4n) is 2.03. The molecule has 2 aromatic rings. The minimum Gasteiger partial charge on any atom is -0.350 e. The van der Waals surface area contributed by atoms with Gasteiger partial charge in [-0.15, -0.1) is 0 Å². The predicted molar refractivity (Wildman–Crippen MR) is 95.8 cm³/mol. The van der Waals surface area contributed by atoms with Gasteiger partial charge in [0, 0.05) is 10.5 Å². The van der Waals surface area contributed by atoms with Crippen molar-refractivity contribution in [2.75, 3.05) is 5.32 Å². The molecule has 4 nitrogen and oxygen atoms in total. The van der Waals surface area contributed by atoms with E-state index in [4.69, 9.17) is 0 Å². The molecular formula is C18H19BrN2O2. The highest BCUT2D eigenvalue weighted by Crippen LogP contribution is 2.20. The summed E-state index contributed by atoms with van der Waals surface area (Å²) in [4.78, 5) is 24.8. The molecule has 0 aliphatic carbocycles. The molecule has 2 N–H and O–H groups in total. The largest absolute Gasteiger partial charge is 0.350 e. The van der Waals surface area contributed by atoms with E-state index in [0.717, 1.165) is 6.42 Å². The summed E-state index contributed by atoms with van der Waals surface area (Å²) in [5.41, 5.74) is 1.46. The van der Waals surface area contributed by atoms with E-state index in [9.17, 15) is 9.59 Å². The number of para-hydroxylation sites is 1. The van der Waals surface area contributed by atoms with E-state index in [2.05, 4.69) is 26.6 Å². The summed E-state index contributed by atoms with van der Waals surface area (Å²) in [6, 6.07) is 14.2. The standard InChI is InChI=1S/C18H19BrN2O2/c1-3-12(2)20-18(23)14-9-5-7-11-16(14)21-17(22)13-8-4-6-10-15(13)19/h4-12H,3H2,1-2H3,(H,20,23)(H,21,22)/t12-/m1/s1. The Morgan fingerprint density at radius 2 is 1.61 bits per heavy atom. The minimum atomic E-state index is -0.263. The normalized spacial score (nSPS) is 11.6. The van der Waals surface area contributed by atoms with Crippen LogP contribution < -0.4 is 10.6 Å². The molecule has 120 valence electrons. The van der Waals surface area contributed by atoms with E-state index >= 15 is 0 Å². The van der Waals surface area contributed by atoms with Gasteiger partial charge in [0.15, 0.2) is 0 Å². The Hall–Kier alpha value is -2.14. The van der Waals surface area contributed by atoms with Gasteiger partial charge < -0.3 is 10.6 Å². The van der Waals surface area contributed by atoms with Crippen molar-refractivity contribution in [3.63, 3.8) is 0 Å². The van der Waals surface area contributed by atoms with Crippen molar-refractivity contribution in [3.05, 3.63) is 64.1 Å². The van der Waals surface area contributed by atoms with Gasteiger partial charge in [-0.3, -0.25) is 9.59 Å². The Kier molecular flexibility index (Phi) is 5.93. The smallest absolute Gasteiger partial charge is 0.256 e. The molecule has 0 bridgehead atoms. The van der Waals surface area contributed by atoms with Gasteiger partial charge in [-0.2, -0.15) is 0 Å². The second kappa shape index (κ2) is 7.92. The maximum absolute atomic E-state index is 12.4. The van der Waals surface area contributed by atoms with Crippen molar-refractivity contribution in [2.45, 2.75) is 26.3 Å². The Morgan fingerprint density at radius 1 is 1.00 bits per heavy atom. The summed E-state index contributed by atoms with van der Waals surface area (Å²) >= 11 is 3.36. The first-order valence-electron chi connectivity index (χ1n) is 7.48. The van der Waals surface area contributed by atoms with E-state index in [1.807, 2.05) is 19.9 Å². The molecular weight excluding hydrogens is 356 g/mol. The van der Waals surface area contributed by atoms with Crippen molar-refractivity contribution in [1.82, 2.24) is 5.32 Å². The number of carbonyl (C=O) groups excluding carboxylic acids is 2. The monoisotopic (exact) mass is 374 g/mol. The van der Waals surface area contributed by atoms with Crippen molar-refractivity contribution in [1.29, 1.82) is 0 Å². The summed E-state index contributed by atoms with van der Waals surface area (Å²) < 4.78 is 0.707. The summed E-state index contributed by atoms with van der Waals surface area (Å²) in [7, 11) is 0. The van der Waals surface area contributed by atoms with Gasteiger partial charge in [0.05, 0.1) is 16.8 Å². The van der Waals surface area contributed by atoms with Crippen LogP contribution in [-0.2, 0) is 0 Å². The summed E-state index contributed by atoms with van der Waals surface area (Å²) in [6.45, 7) is 3.95. The SMILES string of the molecule is CC[C@@H](C)NC(=O)c1ccccc1NC(=O)c1ccccc1Br. The molecule has 0 aliphatic rings. The molecule has 2 rings (SSSR count). The lowest BCUT2D eigenvalue weighted by atomic mass is 10.1. The van der Waals surface area contributed by atoms with Crippen LogP contribution in [0.5, 0.6) is 0 Å². The number of nitrogens with one attached hydrogen (secondary N) is 2. The number of anilines is 1. The zero-order valence-electron chi connectivity index (χ0n) is 13.1. The van der Waals surface area contributed by atoms with Crippen LogP contribution in [-0.4, -0.2) is 17.9 Å². The number of hydrogen-bond donors (Lipinski definition) is 2. The Morgan fingerprint density at radius 3 is 2.26 bits per heavy atom. The second-order valence-electron chi connectivity index (χ2n) is 5.26. The maximum atomic E-state index is 12.4. The van der Waals surface area contributed by atoms with E-state index in [1.165, 1.54) is 0 Å². The Bertz CT molecular complexity index is 716. The third-order valence-electron chi connectivity index (χ3n) is 3.53. The number of benzene rings is 2. The first kappa shape index (κ1) is 17.2. The van der Waals surface area contributed by atoms with E-state index in [0.29, 0.717) is 21.3 Å². The summed E-state index contributed by atoms with van der Waals surface area (Å²) in [5.74, 6) is -0.455. The van der Waals surface area contributed by atoms with Crippen LogP contribution in [0.3, 0.4) is 0 Å². The van der Waals surface area contributed by atoms with Crippen LogP contribution in [0.25, 0.3) is 0 Å².